The van der Waals surface area contributed by atoms with Crippen molar-refractivity contribution in [3.05, 3.63) is 0 Å². The van der Waals surface area contributed by atoms with Crippen molar-refractivity contribution in [2.24, 2.45) is 5.92 Å². The van der Waals surface area contributed by atoms with Crippen molar-refractivity contribution in [3.63, 3.8) is 0 Å². The molecule has 1 atom stereocenters. The number of ether oxygens (including phenoxy) is 1. The second kappa shape index (κ2) is 10.7. The zero-order chi connectivity index (χ0) is 13.3. The van der Waals surface area contributed by atoms with Gasteiger partial charge in [0.1, 0.15) is 5.60 Å². The minimum absolute atomic E-state index is 0. The van der Waals surface area contributed by atoms with Gasteiger partial charge >= 0.3 is 5.97 Å². The molecule has 0 aromatic rings. The average molecular weight is 279 g/mol. The van der Waals surface area contributed by atoms with E-state index in [4.69, 9.17) is 4.74 Å². The molecule has 0 N–H and O–H groups in total. The van der Waals surface area contributed by atoms with Crippen LogP contribution in [0.15, 0.2) is 0 Å². The maximum absolute atomic E-state index is 11.9. The summed E-state index contributed by atoms with van der Waals surface area (Å²) in [6.45, 7) is 10.1. The van der Waals surface area contributed by atoms with Crippen LogP contribution in [-0.2, 0) is 9.53 Å². The lowest BCUT2D eigenvalue weighted by Crippen LogP contribution is -2.28. The van der Waals surface area contributed by atoms with Crippen LogP contribution in [0.5, 0.6) is 0 Å². The first-order valence-electron chi connectivity index (χ1n) is 7.13. The third-order valence-corrected chi connectivity index (χ3v) is 2.89. The first-order valence-corrected chi connectivity index (χ1v) is 7.13. The molecule has 3 heteroatoms. The van der Waals surface area contributed by atoms with Crippen LogP contribution < -0.4 is 0 Å². The summed E-state index contributed by atoms with van der Waals surface area (Å²) in [4.78, 5) is 11.9. The highest BCUT2D eigenvalue weighted by Crippen LogP contribution is 2.19. The lowest BCUT2D eigenvalue weighted by atomic mass is 9.98. The van der Waals surface area contributed by atoms with Gasteiger partial charge in [-0.15, -0.1) is 12.4 Å². The highest BCUT2D eigenvalue weighted by Gasteiger charge is 2.23. The maximum Gasteiger partial charge on any atom is 0.309 e. The van der Waals surface area contributed by atoms with Gasteiger partial charge in [-0.2, -0.15) is 0 Å². The van der Waals surface area contributed by atoms with Crippen LogP contribution >= 0.6 is 12.4 Å². The van der Waals surface area contributed by atoms with Crippen LogP contribution in [0.3, 0.4) is 0 Å². The third-order valence-electron chi connectivity index (χ3n) is 2.89. The van der Waals surface area contributed by atoms with Gasteiger partial charge in [0.15, 0.2) is 0 Å². The number of hydrogen-bond donors (Lipinski definition) is 0. The van der Waals surface area contributed by atoms with E-state index in [-0.39, 0.29) is 29.9 Å². The lowest BCUT2D eigenvalue weighted by Gasteiger charge is -2.23. The molecule has 18 heavy (non-hydrogen) atoms. The Hall–Kier alpha value is -0.240. The number of rotatable bonds is 8. The van der Waals surface area contributed by atoms with Crippen LogP contribution in [0.25, 0.3) is 0 Å². The largest absolute Gasteiger partial charge is 0.460 e. The molecule has 0 spiro atoms. The SMILES string of the molecule is CCCCCCCC(CC)C(=O)OC(C)(C)C.Cl. The van der Waals surface area contributed by atoms with E-state index in [1.165, 1.54) is 25.7 Å². The van der Waals surface area contributed by atoms with Crippen molar-refractivity contribution >= 4 is 18.4 Å². The Bertz CT molecular complexity index is 209. The Kier molecular flexibility index (Phi) is 11.9. The van der Waals surface area contributed by atoms with Gasteiger partial charge in [0.25, 0.3) is 0 Å². The minimum atomic E-state index is -0.354. The van der Waals surface area contributed by atoms with Crippen LogP contribution in [0.2, 0.25) is 0 Å². The summed E-state index contributed by atoms with van der Waals surface area (Å²) in [5, 5.41) is 0. The highest BCUT2D eigenvalue weighted by molar-refractivity contribution is 5.85. The minimum Gasteiger partial charge on any atom is -0.460 e. The van der Waals surface area contributed by atoms with E-state index in [2.05, 4.69) is 13.8 Å². The summed E-state index contributed by atoms with van der Waals surface area (Å²) in [5.74, 6) is 0.0753. The Morgan fingerprint density at radius 1 is 1.06 bits per heavy atom. The summed E-state index contributed by atoms with van der Waals surface area (Å²) < 4.78 is 5.43. The fraction of sp³-hybridized carbons (Fsp3) is 0.933. The number of esters is 1. The topological polar surface area (TPSA) is 26.3 Å². The van der Waals surface area contributed by atoms with Crippen molar-refractivity contribution in [1.82, 2.24) is 0 Å². The molecular weight excluding hydrogens is 248 g/mol. The molecule has 0 aromatic heterocycles. The Balaban J connectivity index is 0. The maximum atomic E-state index is 11.9. The van der Waals surface area contributed by atoms with Gasteiger partial charge < -0.3 is 4.74 Å². The van der Waals surface area contributed by atoms with Gasteiger partial charge in [-0.3, -0.25) is 4.79 Å². The number of halogens is 1. The normalized spacial score (nSPS) is 12.7. The van der Waals surface area contributed by atoms with Gasteiger partial charge in [0, 0.05) is 0 Å². The quantitative estimate of drug-likeness (QED) is 0.454. The molecule has 0 aliphatic rings. The number of carbonyl (C=O) groups excluding carboxylic acids is 1. The second-order valence-corrected chi connectivity index (χ2v) is 5.84. The van der Waals surface area contributed by atoms with Gasteiger partial charge in [-0.05, 0) is 33.6 Å². The van der Waals surface area contributed by atoms with Gasteiger partial charge in [-0.1, -0.05) is 46.0 Å². The number of unbranched alkanes of at least 4 members (excludes halogenated alkanes) is 4. The van der Waals surface area contributed by atoms with Crippen LogP contribution in [0, 0.1) is 5.92 Å². The molecule has 1 unspecified atom stereocenters. The zero-order valence-electron chi connectivity index (χ0n) is 12.8. The molecule has 0 aliphatic heterocycles. The summed E-state index contributed by atoms with van der Waals surface area (Å²) in [7, 11) is 0. The van der Waals surface area contributed by atoms with Crippen molar-refractivity contribution in [2.75, 3.05) is 0 Å². The molecule has 0 rings (SSSR count). The summed E-state index contributed by atoms with van der Waals surface area (Å²) >= 11 is 0. The molecule has 0 bridgehead atoms. The Morgan fingerprint density at radius 3 is 2.06 bits per heavy atom. The Labute approximate surface area is 119 Å². The fourth-order valence-electron chi connectivity index (χ4n) is 1.87. The molecule has 0 aromatic carbocycles. The van der Waals surface area contributed by atoms with E-state index in [0.717, 1.165) is 19.3 Å². The average Bonchev–Trinajstić information content (AvgIpc) is 2.20. The number of hydrogen-bond acceptors (Lipinski definition) is 2. The third kappa shape index (κ3) is 10.9. The summed E-state index contributed by atoms with van der Waals surface area (Å²) in [5.41, 5.74) is -0.354. The van der Waals surface area contributed by atoms with E-state index >= 15 is 0 Å². The first kappa shape index (κ1) is 20.1. The predicted octanol–water partition coefficient (Wildman–Crippen LogP) is 5.14. The molecule has 0 saturated heterocycles. The van der Waals surface area contributed by atoms with E-state index < -0.39 is 0 Å². The van der Waals surface area contributed by atoms with Gasteiger partial charge in [-0.25, -0.2) is 0 Å². The van der Waals surface area contributed by atoms with E-state index in [1.54, 1.807) is 0 Å². The highest BCUT2D eigenvalue weighted by atomic mass is 35.5. The van der Waals surface area contributed by atoms with Crippen molar-refractivity contribution < 1.29 is 9.53 Å². The standard InChI is InChI=1S/C15H30O2.ClH/c1-6-8-9-10-11-12-13(7-2)14(16)17-15(3,4)5;/h13H,6-12H2,1-5H3;1H. The van der Waals surface area contributed by atoms with Crippen molar-refractivity contribution in [2.45, 2.75) is 85.2 Å². The molecule has 110 valence electrons. The molecular formula is C15H31ClO2. The van der Waals surface area contributed by atoms with Crippen LogP contribution in [0.1, 0.15) is 79.6 Å². The summed E-state index contributed by atoms with van der Waals surface area (Å²) in [6.07, 6.45) is 8.14. The van der Waals surface area contributed by atoms with E-state index in [9.17, 15) is 4.79 Å². The molecule has 0 radical (unpaired) electrons. The molecule has 0 aliphatic carbocycles. The van der Waals surface area contributed by atoms with E-state index in [1.807, 2.05) is 20.8 Å². The lowest BCUT2D eigenvalue weighted by molar-refractivity contribution is -0.160. The van der Waals surface area contributed by atoms with E-state index in [0.29, 0.717) is 0 Å². The smallest absolute Gasteiger partial charge is 0.309 e. The molecule has 0 amide bonds. The second-order valence-electron chi connectivity index (χ2n) is 5.84. The fourth-order valence-corrected chi connectivity index (χ4v) is 1.87. The molecule has 0 saturated carbocycles. The Morgan fingerprint density at radius 2 is 1.61 bits per heavy atom. The molecule has 0 fully saturated rings. The molecule has 0 heterocycles. The monoisotopic (exact) mass is 278 g/mol. The van der Waals surface area contributed by atoms with Gasteiger partial charge in [0.05, 0.1) is 5.92 Å². The first-order chi connectivity index (χ1) is 7.90. The summed E-state index contributed by atoms with van der Waals surface area (Å²) in [6, 6.07) is 0. The van der Waals surface area contributed by atoms with Gasteiger partial charge in [0.2, 0.25) is 0 Å². The van der Waals surface area contributed by atoms with Crippen LogP contribution in [-0.4, -0.2) is 11.6 Å². The molecule has 2 nitrogen and oxygen atoms in total. The van der Waals surface area contributed by atoms with Crippen molar-refractivity contribution in [1.29, 1.82) is 0 Å². The van der Waals surface area contributed by atoms with Crippen LogP contribution in [0.4, 0.5) is 0 Å². The number of carbonyl (C=O) groups is 1. The van der Waals surface area contributed by atoms with Crippen molar-refractivity contribution in [3.8, 4) is 0 Å². The predicted molar refractivity (Wildman–Crippen MR) is 80.3 cm³/mol. The zero-order valence-corrected chi connectivity index (χ0v) is 13.6.